The van der Waals surface area contributed by atoms with Crippen molar-refractivity contribution >= 4 is 11.0 Å². The average Bonchev–Trinajstić information content (AvgIpc) is 2.67. The highest BCUT2D eigenvalue weighted by atomic mass is 19.2. The van der Waals surface area contributed by atoms with E-state index >= 15 is 0 Å². The predicted molar refractivity (Wildman–Crippen MR) is 54.7 cm³/mol. The van der Waals surface area contributed by atoms with Crippen molar-refractivity contribution in [2.75, 3.05) is 0 Å². The summed E-state index contributed by atoms with van der Waals surface area (Å²) >= 11 is 0. The number of benzene rings is 1. The molecule has 0 saturated carbocycles. The Morgan fingerprint density at radius 2 is 2.13 bits per heavy atom. The van der Waals surface area contributed by atoms with E-state index in [-0.39, 0.29) is 11.4 Å². The SMILES string of the molecule is CCC(C)c1nc2c(F)c(F)ccc2[nH]1. The number of aromatic nitrogens is 2. The molecule has 0 fully saturated rings. The molecule has 2 rings (SSSR count). The second-order valence-electron chi connectivity index (χ2n) is 3.69. The van der Waals surface area contributed by atoms with Gasteiger partial charge in [0.1, 0.15) is 11.3 Å². The van der Waals surface area contributed by atoms with Gasteiger partial charge in [0.25, 0.3) is 0 Å². The lowest BCUT2D eigenvalue weighted by atomic mass is 10.1. The fraction of sp³-hybridized carbons (Fsp3) is 0.364. The summed E-state index contributed by atoms with van der Waals surface area (Å²) in [5, 5.41) is 0. The number of nitrogens with zero attached hydrogens (tertiary/aromatic N) is 1. The van der Waals surface area contributed by atoms with Crippen LogP contribution in [-0.2, 0) is 0 Å². The number of imidazole rings is 1. The zero-order chi connectivity index (χ0) is 11.0. The van der Waals surface area contributed by atoms with Crippen molar-refractivity contribution in [3.8, 4) is 0 Å². The maximum absolute atomic E-state index is 13.3. The summed E-state index contributed by atoms with van der Waals surface area (Å²) in [4.78, 5) is 7.07. The van der Waals surface area contributed by atoms with E-state index < -0.39 is 11.6 Å². The van der Waals surface area contributed by atoms with Crippen LogP contribution in [-0.4, -0.2) is 9.97 Å². The van der Waals surface area contributed by atoms with Crippen molar-refractivity contribution in [1.29, 1.82) is 0 Å². The molecule has 1 N–H and O–H groups in total. The van der Waals surface area contributed by atoms with E-state index in [0.717, 1.165) is 12.5 Å². The quantitative estimate of drug-likeness (QED) is 0.808. The van der Waals surface area contributed by atoms with Crippen molar-refractivity contribution in [1.82, 2.24) is 9.97 Å². The van der Waals surface area contributed by atoms with E-state index in [1.807, 2.05) is 13.8 Å². The third kappa shape index (κ3) is 1.60. The second kappa shape index (κ2) is 3.61. The molecule has 0 aliphatic carbocycles. The minimum absolute atomic E-state index is 0.0882. The Labute approximate surface area is 86.3 Å². The van der Waals surface area contributed by atoms with Gasteiger partial charge in [0.2, 0.25) is 0 Å². The van der Waals surface area contributed by atoms with Gasteiger partial charge >= 0.3 is 0 Å². The van der Waals surface area contributed by atoms with Crippen molar-refractivity contribution in [3.63, 3.8) is 0 Å². The monoisotopic (exact) mass is 210 g/mol. The number of fused-ring (bicyclic) bond motifs is 1. The molecule has 15 heavy (non-hydrogen) atoms. The lowest BCUT2D eigenvalue weighted by Crippen LogP contribution is -1.93. The molecule has 4 heteroatoms. The predicted octanol–water partition coefficient (Wildman–Crippen LogP) is 3.35. The molecule has 0 aliphatic heterocycles. The molecule has 0 saturated heterocycles. The van der Waals surface area contributed by atoms with Crippen LogP contribution in [0.3, 0.4) is 0 Å². The molecule has 0 radical (unpaired) electrons. The van der Waals surface area contributed by atoms with Crippen molar-refractivity contribution < 1.29 is 8.78 Å². The first-order valence-electron chi connectivity index (χ1n) is 4.97. The van der Waals surface area contributed by atoms with E-state index in [1.165, 1.54) is 6.07 Å². The first-order valence-corrected chi connectivity index (χ1v) is 4.97. The van der Waals surface area contributed by atoms with Crippen LogP contribution < -0.4 is 0 Å². The minimum Gasteiger partial charge on any atom is -0.342 e. The summed E-state index contributed by atoms with van der Waals surface area (Å²) < 4.78 is 26.2. The highest BCUT2D eigenvalue weighted by molar-refractivity contribution is 5.75. The van der Waals surface area contributed by atoms with E-state index in [9.17, 15) is 8.78 Å². The molecule has 1 aromatic heterocycles. The fourth-order valence-electron chi connectivity index (χ4n) is 1.46. The molecule has 1 aromatic carbocycles. The summed E-state index contributed by atoms with van der Waals surface area (Å²) in [6, 6.07) is 2.61. The van der Waals surface area contributed by atoms with Crippen LogP contribution in [0.2, 0.25) is 0 Å². The zero-order valence-corrected chi connectivity index (χ0v) is 8.64. The third-order valence-corrected chi connectivity index (χ3v) is 2.64. The van der Waals surface area contributed by atoms with Crippen LogP contribution in [0, 0.1) is 11.6 Å². The molecule has 1 atom stereocenters. The lowest BCUT2D eigenvalue weighted by Gasteiger charge is -2.01. The number of hydrogen-bond donors (Lipinski definition) is 1. The molecule has 2 nitrogen and oxygen atoms in total. The van der Waals surface area contributed by atoms with Gasteiger partial charge in [0.05, 0.1) is 5.52 Å². The Hall–Kier alpha value is -1.45. The van der Waals surface area contributed by atoms with Crippen molar-refractivity contribution in [2.24, 2.45) is 0 Å². The number of hydrogen-bond acceptors (Lipinski definition) is 1. The van der Waals surface area contributed by atoms with E-state index in [1.54, 1.807) is 0 Å². The smallest absolute Gasteiger partial charge is 0.186 e. The van der Waals surface area contributed by atoms with Gasteiger partial charge in [-0.15, -0.1) is 0 Å². The van der Waals surface area contributed by atoms with Gasteiger partial charge in [-0.2, -0.15) is 0 Å². The Bertz CT molecular complexity index is 491. The standard InChI is InChI=1S/C11H12F2N2/c1-3-6(2)11-14-8-5-4-7(12)9(13)10(8)15-11/h4-6H,3H2,1-2H3,(H,14,15). The molecule has 2 aromatic rings. The van der Waals surface area contributed by atoms with Gasteiger partial charge in [0, 0.05) is 5.92 Å². The minimum atomic E-state index is -0.877. The Morgan fingerprint density at radius 3 is 2.80 bits per heavy atom. The normalized spacial score (nSPS) is 13.3. The van der Waals surface area contributed by atoms with Crippen LogP contribution in [0.25, 0.3) is 11.0 Å². The van der Waals surface area contributed by atoms with Gasteiger partial charge in [-0.05, 0) is 18.6 Å². The van der Waals surface area contributed by atoms with Crippen LogP contribution in [0.1, 0.15) is 32.0 Å². The number of rotatable bonds is 2. The van der Waals surface area contributed by atoms with E-state index in [4.69, 9.17) is 0 Å². The van der Waals surface area contributed by atoms with Crippen LogP contribution in [0.15, 0.2) is 12.1 Å². The summed E-state index contributed by atoms with van der Waals surface area (Å²) in [5.74, 6) is -0.806. The van der Waals surface area contributed by atoms with E-state index in [2.05, 4.69) is 9.97 Å². The largest absolute Gasteiger partial charge is 0.342 e. The number of nitrogens with one attached hydrogen (secondary N) is 1. The Balaban J connectivity index is 2.61. The highest BCUT2D eigenvalue weighted by Crippen LogP contribution is 2.22. The molecule has 80 valence electrons. The number of aromatic amines is 1. The van der Waals surface area contributed by atoms with Gasteiger partial charge in [0.15, 0.2) is 11.6 Å². The Morgan fingerprint density at radius 1 is 1.40 bits per heavy atom. The summed E-state index contributed by atoms with van der Waals surface area (Å²) in [7, 11) is 0. The summed E-state index contributed by atoms with van der Waals surface area (Å²) in [5.41, 5.74) is 0.634. The lowest BCUT2D eigenvalue weighted by molar-refractivity contribution is 0.515. The maximum Gasteiger partial charge on any atom is 0.186 e. The average molecular weight is 210 g/mol. The number of H-pyrrole nitrogens is 1. The fourth-order valence-corrected chi connectivity index (χ4v) is 1.46. The van der Waals surface area contributed by atoms with Crippen LogP contribution in [0.5, 0.6) is 0 Å². The van der Waals surface area contributed by atoms with Gasteiger partial charge in [-0.1, -0.05) is 13.8 Å². The third-order valence-electron chi connectivity index (χ3n) is 2.64. The molecule has 1 heterocycles. The topological polar surface area (TPSA) is 28.7 Å². The molecule has 0 amide bonds. The van der Waals surface area contributed by atoms with Crippen molar-refractivity contribution in [3.05, 3.63) is 29.6 Å². The van der Waals surface area contributed by atoms with Crippen molar-refractivity contribution in [2.45, 2.75) is 26.2 Å². The highest BCUT2D eigenvalue weighted by Gasteiger charge is 2.14. The molecular weight excluding hydrogens is 198 g/mol. The number of halogens is 2. The maximum atomic E-state index is 13.3. The van der Waals surface area contributed by atoms with Gasteiger partial charge in [-0.25, -0.2) is 13.8 Å². The summed E-state index contributed by atoms with van der Waals surface area (Å²) in [6.45, 7) is 4.01. The van der Waals surface area contributed by atoms with Crippen LogP contribution in [0.4, 0.5) is 8.78 Å². The molecule has 0 spiro atoms. The molecule has 1 unspecified atom stereocenters. The van der Waals surface area contributed by atoms with Gasteiger partial charge in [-0.3, -0.25) is 0 Å². The molecular formula is C11H12F2N2. The summed E-state index contributed by atoms with van der Waals surface area (Å²) in [6.07, 6.45) is 0.907. The van der Waals surface area contributed by atoms with E-state index in [0.29, 0.717) is 11.3 Å². The van der Waals surface area contributed by atoms with Crippen LogP contribution >= 0.6 is 0 Å². The molecule has 0 bridgehead atoms. The Kier molecular flexibility index (Phi) is 2.42. The second-order valence-corrected chi connectivity index (χ2v) is 3.69. The zero-order valence-electron chi connectivity index (χ0n) is 8.64. The first kappa shape index (κ1) is 10.1. The first-order chi connectivity index (χ1) is 7.13. The molecule has 0 aliphatic rings. The van der Waals surface area contributed by atoms with Gasteiger partial charge < -0.3 is 4.98 Å².